The first-order chi connectivity index (χ1) is 10.1. The van der Waals surface area contributed by atoms with Crippen LogP contribution in [-0.4, -0.2) is 39.5 Å². The van der Waals surface area contributed by atoms with E-state index in [0.29, 0.717) is 24.4 Å². The highest BCUT2D eigenvalue weighted by atomic mass is 32.1. The molecule has 3 rings (SSSR count). The van der Waals surface area contributed by atoms with Gasteiger partial charge < -0.3 is 14.4 Å². The van der Waals surface area contributed by atoms with E-state index in [-0.39, 0.29) is 12.3 Å². The molecular formula is C14H14N2O4S. The van der Waals surface area contributed by atoms with Gasteiger partial charge in [0.25, 0.3) is 0 Å². The molecule has 110 valence electrons. The van der Waals surface area contributed by atoms with E-state index in [4.69, 9.17) is 9.52 Å². The maximum atomic E-state index is 12.2. The molecule has 3 heterocycles. The Balaban J connectivity index is 1.69. The Morgan fingerprint density at radius 1 is 1.52 bits per heavy atom. The molecule has 1 N–H and O–H groups in total. The number of furan rings is 1. The number of carboxylic acids is 1. The highest BCUT2D eigenvalue weighted by Gasteiger charge is 2.33. The Hall–Kier alpha value is -2.15. The van der Waals surface area contributed by atoms with Gasteiger partial charge in [0.15, 0.2) is 10.8 Å². The summed E-state index contributed by atoms with van der Waals surface area (Å²) in [5, 5.41) is 11.6. The molecule has 1 amide bonds. The zero-order valence-electron chi connectivity index (χ0n) is 11.2. The van der Waals surface area contributed by atoms with Crippen molar-refractivity contribution in [1.82, 2.24) is 9.88 Å². The van der Waals surface area contributed by atoms with E-state index in [1.165, 1.54) is 16.2 Å². The van der Waals surface area contributed by atoms with Crippen molar-refractivity contribution >= 4 is 23.2 Å². The number of likely N-dealkylation sites (tertiary alicyclic amines) is 1. The molecule has 6 nitrogen and oxygen atoms in total. The van der Waals surface area contributed by atoms with Gasteiger partial charge in [-0.25, -0.2) is 9.78 Å². The second kappa shape index (κ2) is 5.69. The van der Waals surface area contributed by atoms with Crippen LogP contribution < -0.4 is 0 Å². The van der Waals surface area contributed by atoms with Crippen molar-refractivity contribution in [3.63, 3.8) is 0 Å². The molecule has 0 aliphatic carbocycles. The summed E-state index contributed by atoms with van der Waals surface area (Å²) in [4.78, 5) is 29.1. The molecule has 0 aromatic carbocycles. The molecule has 0 bridgehead atoms. The Bertz CT molecular complexity index is 650. The third-order valence-electron chi connectivity index (χ3n) is 3.47. The largest absolute Gasteiger partial charge is 0.480 e. The van der Waals surface area contributed by atoms with E-state index in [1.807, 2.05) is 11.4 Å². The summed E-state index contributed by atoms with van der Waals surface area (Å²) in [6.07, 6.45) is 2.96. The fraction of sp³-hybridized carbons (Fsp3) is 0.357. The number of rotatable bonds is 4. The second-order valence-electron chi connectivity index (χ2n) is 4.88. The van der Waals surface area contributed by atoms with Gasteiger partial charge in [-0.3, -0.25) is 4.79 Å². The summed E-state index contributed by atoms with van der Waals surface area (Å²) in [6.45, 7) is 0.505. The fourth-order valence-corrected chi connectivity index (χ4v) is 3.27. The van der Waals surface area contributed by atoms with Crippen LogP contribution in [0.25, 0.3) is 10.8 Å². The Labute approximate surface area is 125 Å². The van der Waals surface area contributed by atoms with E-state index in [1.54, 1.807) is 12.3 Å². The molecule has 7 heteroatoms. The molecular weight excluding hydrogens is 292 g/mol. The van der Waals surface area contributed by atoms with Crippen molar-refractivity contribution in [1.29, 1.82) is 0 Å². The van der Waals surface area contributed by atoms with Crippen molar-refractivity contribution in [2.45, 2.75) is 25.3 Å². The van der Waals surface area contributed by atoms with Gasteiger partial charge >= 0.3 is 5.97 Å². The summed E-state index contributed by atoms with van der Waals surface area (Å²) in [7, 11) is 0. The number of nitrogens with zero attached hydrogens (tertiary/aromatic N) is 2. The van der Waals surface area contributed by atoms with Crippen LogP contribution in [0, 0.1) is 0 Å². The van der Waals surface area contributed by atoms with Crippen molar-refractivity contribution in [3.05, 3.63) is 29.5 Å². The van der Waals surface area contributed by atoms with Crippen molar-refractivity contribution in [3.8, 4) is 10.8 Å². The van der Waals surface area contributed by atoms with Gasteiger partial charge in [0.2, 0.25) is 5.91 Å². The van der Waals surface area contributed by atoms with E-state index in [9.17, 15) is 9.59 Å². The van der Waals surface area contributed by atoms with E-state index in [0.717, 1.165) is 11.4 Å². The quantitative estimate of drug-likeness (QED) is 0.934. The summed E-state index contributed by atoms with van der Waals surface area (Å²) < 4.78 is 5.26. The average Bonchev–Trinajstić information content (AvgIpc) is 3.19. The van der Waals surface area contributed by atoms with Gasteiger partial charge in [-0.2, -0.15) is 0 Å². The van der Waals surface area contributed by atoms with Crippen LogP contribution in [0.3, 0.4) is 0 Å². The highest BCUT2D eigenvalue weighted by molar-refractivity contribution is 7.13. The molecule has 0 unspecified atom stereocenters. The minimum absolute atomic E-state index is 0.126. The number of carbonyl (C=O) groups excluding carboxylic acids is 1. The molecule has 0 spiro atoms. The minimum Gasteiger partial charge on any atom is -0.480 e. The first-order valence-corrected chi connectivity index (χ1v) is 7.53. The summed E-state index contributed by atoms with van der Waals surface area (Å²) in [6, 6.07) is 2.90. The minimum atomic E-state index is -0.935. The number of carbonyl (C=O) groups is 2. The van der Waals surface area contributed by atoms with Crippen LogP contribution in [0.2, 0.25) is 0 Å². The molecule has 1 atom stereocenters. The zero-order valence-corrected chi connectivity index (χ0v) is 12.0. The molecule has 1 aliphatic rings. The van der Waals surface area contributed by atoms with E-state index in [2.05, 4.69) is 4.98 Å². The number of aliphatic carboxylic acids is 1. The summed E-state index contributed by atoms with van der Waals surface area (Å²) in [5.41, 5.74) is 0.646. The second-order valence-corrected chi connectivity index (χ2v) is 5.74. The SMILES string of the molecule is O=C(O)[C@H]1CCCN1C(=O)Cc1csc(-c2ccco2)n1. The Morgan fingerprint density at radius 2 is 2.38 bits per heavy atom. The normalized spacial score (nSPS) is 18.1. The lowest BCUT2D eigenvalue weighted by Gasteiger charge is -2.20. The van der Waals surface area contributed by atoms with E-state index >= 15 is 0 Å². The maximum absolute atomic E-state index is 12.2. The third-order valence-corrected chi connectivity index (χ3v) is 4.38. The van der Waals surface area contributed by atoms with Crippen molar-refractivity contribution in [2.24, 2.45) is 0 Å². The zero-order chi connectivity index (χ0) is 14.8. The fourth-order valence-electron chi connectivity index (χ4n) is 2.48. The molecule has 1 aliphatic heterocycles. The smallest absolute Gasteiger partial charge is 0.326 e. The van der Waals surface area contributed by atoms with Crippen LogP contribution in [0.5, 0.6) is 0 Å². The van der Waals surface area contributed by atoms with E-state index < -0.39 is 12.0 Å². The lowest BCUT2D eigenvalue weighted by atomic mass is 10.2. The van der Waals surface area contributed by atoms with Crippen LogP contribution in [0.1, 0.15) is 18.5 Å². The number of thiazole rings is 1. The summed E-state index contributed by atoms with van der Waals surface area (Å²) >= 11 is 1.41. The number of hydrogen-bond acceptors (Lipinski definition) is 5. The van der Waals surface area contributed by atoms with Gasteiger partial charge in [0, 0.05) is 11.9 Å². The standard InChI is InChI=1S/C14H14N2O4S/c17-12(16-5-1-3-10(16)14(18)19)7-9-8-21-13(15-9)11-4-2-6-20-11/h2,4,6,8,10H,1,3,5,7H2,(H,18,19)/t10-/m1/s1. The lowest BCUT2D eigenvalue weighted by Crippen LogP contribution is -2.41. The molecule has 1 fully saturated rings. The number of amides is 1. The highest BCUT2D eigenvalue weighted by Crippen LogP contribution is 2.25. The predicted molar refractivity (Wildman–Crippen MR) is 75.9 cm³/mol. The number of aromatic nitrogens is 1. The van der Waals surface area contributed by atoms with Gasteiger partial charge in [0.05, 0.1) is 18.4 Å². The van der Waals surface area contributed by atoms with Gasteiger partial charge in [0.1, 0.15) is 6.04 Å². The predicted octanol–water partition coefficient (Wildman–Crippen LogP) is 2.02. The van der Waals surface area contributed by atoms with Crippen LogP contribution in [0.15, 0.2) is 28.2 Å². The molecule has 1 saturated heterocycles. The first kappa shape index (κ1) is 13.8. The lowest BCUT2D eigenvalue weighted by molar-refractivity contribution is -0.148. The van der Waals surface area contributed by atoms with Gasteiger partial charge in [-0.1, -0.05) is 0 Å². The Morgan fingerprint density at radius 3 is 3.10 bits per heavy atom. The molecule has 0 saturated carbocycles. The number of carboxylic acid groups (broad SMARTS) is 1. The first-order valence-electron chi connectivity index (χ1n) is 6.65. The number of hydrogen-bond donors (Lipinski definition) is 1. The maximum Gasteiger partial charge on any atom is 0.326 e. The Kier molecular flexibility index (Phi) is 3.74. The molecule has 2 aromatic heterocycles. The van der Waals surface area contributed by atoms with Crippen LogP contribution in [-0.2, 0) is 16.0 Å². The van der Waals surface area contributed by atoms with Gasteiger partial charge in [-0.05, 0) is 25.0 Å². The molecule has 0 radical (unpaired) electrons. The summed E-state index contributed by atoms with van der Waals surface area (Å²) in [5.74, 6) is -0.449. The third kappa shape index (κ3) is 2.82. The molecule has 21 heavy (non-hydrogen) atoms. The van der Waals surface area contributed by atoms with Crippen LogP contribution in [0.4, 0.5) is 0 Å². The monoisotopic (exact) mass is 306 g/mol. The van der Waals surface area contributed by atoms with Crippen LogP contribution >= 0.6 is 11.3 Å². The van der Waals surface area contributed by atoms with Crippen molar-refractivity contribution in [2.75, 3.05) is 6.54 Å². The van der Waals surface area contributed by atoms with Gasteiger partial charge in [-0.15, -0.1) is 11.3 Å². The topological polar surface area (TPSA) is 83.6 Å². The molecule has 2 aromatic rings. The average molecular weight is 306 g/mol. The van der Waals surface area contributed by atoms with Crippen molar-refractivity contribution < 1.29 is 19.1 Å².